The maximum absolute atomic E-state index is 5.47. The predicted octanol–water partition coefficient (Wildman–Crippen LogP) is 4.20. The summed E-state index contributed by atoms with van der Waals surface area (Å²) in [6, 6.07) is 5.39. The minimum Gasteiger partial charge on any atom is -0.397 e. The van der Waals surface area contributed by atoms with Crippen LogP contribution in [0.2, 0.25) is 0 Å². The van der Waals surface area contributed by atoms with Crippen molar-refractivity contribution in [3.05, 3.63) is 22.7 Å². The number of nitrogens with two attached hydrogens (primary N) is 2. The van der Waals surface area contributed by atoms with Gasteiger partial charge in [-0.3, -0.25) is 0 Å². The van der Waals surface area contributed by atoms with E-state index in [0.29, 0.717) is 11.4 Å². The molecule has 0 radical (unpaired) electrons. The third kappa shape index (κ3) is 4.88. The van der Waals surface area contributed by atoms with Crippen molar-refractivity contribution in [2.75, 3.05) is 11.5 Å². The van der Waals surface area contributed by atoms with E-state index >= 15 is 0 Å². The van der Waals surface area contributed by atoms with Crippen molar-refractivity contribution < 1.29 is 0 Å². The lowest BCUT2D eigenvalue weighted by Crippen LogP contribution is -1.99. The van der Waals surface area contributed by atoms with Gasteiger partial charge in [0.15, 0.2) is 0 Å². The van der Waals surface area contributed by atoms with Crippen molar-refractivity contribution in [2.45, 2.75) is 39.0 Å². The second-order valence-electron chi connectivity index (χ2n) is 4.52. The molecule has 0 bridgehead atoms. The SMILES string of the molecule is CC1CCCCC1.Nc1ccc(Br)cc1N. The van der Waals surface area contributed by atoms with Gasteiger partial charge in [0.1, 0.15) is 0 Å². The van der Waals surface area contributed by atoms with Crippen LogP contribution < -0.4 is 11.5 Å². The van der Waals surface area contributed by atoms with Crippen molar-refractivity contribution >= 4 is 27.3 Å². The van der Waals surface area contributed by atoms with Gasteiger partial charge in [0.05, 0.1) is 11.4 Å². The molecule has 0 heterocycles. The van der Waals surface area contributed by atoms with Gasteiger partial charge in [-0.05, 0) is 24.1 Å². The first-order valence-corrected chi connectivity index (χ1v) is 6.69. The minimum atomic E-state index is 0.615. The van der Waals surface area contributed by atoms with E-state index in [1.165, 1.54) is 32.1 Å². The maximum atomic E-state index is 5.47. The van der Waals surface area contributed by atoms with E-state index in [-0.39, 0.29) is 0 Å². The molecule has 0 spiro atoms. The second kappa shape index (κ2) is 6.79. The van der Waals surface area contributed by atoms with Crippen LogP contribution >= 0.6 is 15.9 Å². The number of benzene rings is 1. The molecule has 1 aromatic carbocycles. The predicted molar refractivity (Wildman–Crippen MR) is 75.2 cm³/mol. The Hall–Kier alpha value is -0.700. The fourth-order valence-electron chi connectivity index (χ4n) is 1.85. The zero-order valence-corrected chi connectivity index (χ0v) is 11.5. The lowest BCUT2D eigenvalue weighted by molar-refractivity contribution is 0.385. The summed E-state index contributed by atoms with van der Waals surface area (Å²) in [4.78, 5) is 0. The largest absolute Gasteiger partial charge is 0.397 e. The highest BCUT2D eigenvalue weighted by molar-refractivity contribution is 9.10. The average molecular weight is 285 g/mol. The monoisotopic (exact) mass is 284 g/mol. The Morgan fingerprint density at radius 1 is 1.06 bits per heavy atom. The van der Waals surface area contributed by atoms with Crippen LogP contribution in [0.4, 0.5) is 11.4 Å². The standard InChI is InChI=1S/C7H14.C6H7BrN2/c1-7-5-3-2-4-6-7;7-4-1-2-5(8)6(9)3-4/h7H,2-6H2,1H3;1-3H,8-9H2. The van der Waals surface area contributed by atoms with Crippen LogP contribution in [0.25, 0.3) is 0 Å². The number of nitrogen functional groups attached to an aromatic ring is 2. The molecule has 1 fully saturated rings. The molecular formula is C13H21BrN2. The average Bonchev–Trinajstić information content (AvgIpc) is 2.26. The molecule has 0 saturated heterocycles. The van der Waals surface area contributed by atoms with Crippen LogP contribution in [0.5, 0.6) is 0 Å². The molecular weight excluding hydrogens is 264 g/mol. The van der Waals surface area contributed by atoms with Gasteiger partial charge in [-0.2, -0.15) is 0 Å². The van der Waals surface area contributed by atoms with E-state index in [1.807, 2.05) is 6.07 Å². The van der Waals surface area contributed by atoms with Crippen LogP contribution in [0.15, 0.2) is 22.7 Å². The lowest BCUT2D eigenvalue weighted by atomic mass is 9.91. The Bertz CT molecular complexity index is 320. The highest BCUT2D eigenvalue weighted by Crippen LogP contribution is 2.22. The fourth-order valence-corrected chi connectivity index (χ4v) is 2.23. The van der Waals surface area contributed by atoms with Gasteiger partial charge in [-0.25, -0.2) is 0 Å². The Kier molecular flexibility index (Phi) is 5.67. The van der Waals surface area contributed by atoms with Gasteiger partial charge in [0.2, 0.25) is 0 Å². The molecule has 0 unspecified atom stereocenters. The van der Waals surface area contributed by atoms with E-state index in [2.05, 4.69) is 22.9 Å². The molecule has 0 aliphatic heterocycles. The summed E-state index contributed by atoms with van der Waals surface area (Å²) in [5.74, 6) is 1.04. The molecule has 2 nitrogen and oxygen atoms in total. The Labute approximate surface area is 107 Å². The molecule has 4 N–H and O–H groups in total. The summed E-state index contributed by atoms with van der Waals surface area (Å²) >= 11 is 3.26. The number of halogens is 1. The smallest absolute Gasteiger partial charge is 0.0559 e. The molecule has 2 rings (SSSR count). The van der Waals surface area contributed by atoms with Crippen LogP contribution in [0.1, 0.15) is 39.0 Å². The van der Waals surface area contributed by atoms with Gasteiger partial charge in [0.25, 0.3) is 0 Å². The van der Waals surface area contributed by atoms with Crippen molar-refractivity contribution in [2.24, 2.45) is 5.92 Å². The van der Waals surface area contributed by atoms with E-state index < -0.39 is 0 Å². The summed E-state index contributed by atoms with van der Waals surface area (Å²) < 4.78 is 0.953. The summed E-state index contributed by atoms with van der Waals surface area (Å²) in [5, 5.41) is 0. The van der Waals surface area contributed by atoms with Crippen LogP contribution in [0.3, 0.4) is 0 Å². The van der Waals surface area contributed by atoms with Gasteiger partial charge in [-0.1, -0.05) is 55.0 Å². The van der Waals surface area contributed by atoms with Crippen molar-refractivity contribution in [3.63, 3.8) is 0 Å². The van der Waals surface area contributed by atoms with Crippen molar-refractivity contribution in [1.29, 1.82) is 0 Å². The van der Waals surface area contributed by atoms with Gasteiger partial charge in [0, 0.05) is 4.47 Å². The number of hydrogen-bond acceptors (Lipinski definition) is 2. The summed E-state index contributed by atoms with van der Waals surface area (Å²) in [5.41, 5.74) is 12.1. The molecule has 16 heavy (non-hydrogen) atoms. The van der Waals surface area contributed by atoms with Crippen LogP contribution in [-0.2, 0) is 0 Å². The zero-order valence-electron chi connectivity index (χ0n) is 9.88. The highest BCUT2D eigenvalue weighted by Gasteiger charge is 2.05. The molecule has 1 aliphatic carbocycles. The van der Waals surface area contributed by atoms with Crippen LogP contribution in [-0.4, -0.2) is 0 Å². The van der Waals surface area contributed by atoms with E-state index in [4.69, 9.17) is 11.5 Å². The first-order valence-electron chi connectivity index (χ1n) is 5.90. The van der Waals surface area contributed by atoms with Crippen molar-refractivity contribution in [1.82, 2.24) is 0 Å². The fraction of sp³-hybridized carbons (Fsp3) is 0.538. The number of anilines is 2. The molecule has 0 atom stereocenters. The molecule has 0 aromatic heterocycles. The maximum Gasteiger partial charge on any atom is 0.0559 e. The summed E-state index contributed by atoms with van der Waals surface area (Å²) in [6.07, 6.45) is 7.44. The van der Waals surface area contributed by atoms with Gasteiger partial charge in [-0.15, -0.1) is 0 Å². The van der Waals surface area contributed by atoms with Gasteiger partial charge < -0.3 is 11.5 Å². The second-order valence-corrected chi connectivity index (χ2v) is 5.43. The molecule has 1 aliphatic rings. The van der Waals surface area contributed by atoms with Crippen molar-refractivity contribution in [3.8, 4) is 0 Å². The Morgan fingerprint density at radius 3 is 2.06 bits per heavy atom. The molecule has 90 valence electrons. The normalized spacial score (nSPS) is 16.4. The summed E-state index contributed by atoms with van der Waals surface area (Å²) in [6.45, 7) is 2.36. The lowest BCUT2D eigenvalue weighted by Gasteiger charge is -2.15. The minimum absolute atomic E-state index is 0.615. The first kappa shape index (κ1) is 13.4. The molecule has 3 heteroatoms. The number of rotatable bonds is 0. The van der Waals surface area contributed by atoms with E-state index in [9.17, 15) is 0 Å². The van der Waals surface area contributed by atoms with E-state index in [0.717, 1.165) is 10.4 Å². The Morgan fingerprint density at radius 2 is 1.69 bits per heavy atom. The zero-order chi connectivity index (χ0) is 12.0. The quantitative estimate of drug-likeness (QED) is 0.702. The van der Waals surface area contributed by atoms with Gasteiger partial charge >= 0.3 is 0 Å². The molecule has 1 aromatic rings. The highest BCUT2D eigenvalue weighted by atomic mass is 79.9. The molecule has 1 saturated carbocycles. The van der Waals surface area contributed by atoms with Crippen LogP contribution in [0, 0.1) is 5.92 Å². The summed E-state index contributed by atoms with van der Waals surface area (Å²) in [7, 11) is 0. The Balaban J connectivity index is 0.000000165. The van der Waals surface area contributed by atoms with E-state index in [1.54, 1.807) is 12.1 Å². The third-order valence-corrected chi connectivity index (χ3v) is 3.44. The molecule has 0 amide bonds. The topological polar surface area (TPSA) is 52.0 Å². The first-order chi connectivity index (χ1) is 7.59. The number of hydrogen-bond donors (Lipinski definition) is 2. The third-order valence-electron chi connectivity index (χ3n) is 2.94.